The Morgan fingerprint density at radius 2 is 1.44 bits per heavy atom. The first kappa shape index (κ1) is 27.0. The average molecular weight is 446 g/mol. The number of carbonyl (C=O) groups is 3. The number of carboxylic acid groups (broad SMARTS) is 1. The van der Waals surface area contributed by atoms with Gasteiger partial charge in [-0.25, -0.2) is 4.79 Å². The molecule has 0 aromatic heterocycles. The summed E-state index contributed by atoms with van der Waals surface area (Å²) >= 11 is 0. The van der Waals surface area contributed by atoms with Gasteiger partial charge in [-0.15, -0.1) is 0 Å². The van der Waals surface area contributed by atoms with E-state index >= 15 is 0 Å². The summed E-state index contributed by atoms with van der Waals surface area (Å²) in [7, 11) is 1.55. The molecule has 0 aliphatic heterocycles. The van der Waals surface area contributed by atoms with Crippen LogP contribution in [0, 0.1) is 0 Å². The molecule has 0 saturated carbocycles. The number of esters is 1. The van der Waals surface area contributed by atoms with E-state index in [9.17, 15) is 14.4 Å². The Kier molecular flexibility index (Phi) is 12.0. The first-order valence-electron chi connectivity index (χ1n) is 10.4. The third kappa shape index (κ3) is 9.88. The fraction of sp³-hybridized carbons (Fsp3) is 0.423. The van der Waals surface area contributed by atoms with E-state index < -0.39 is 12.1 Å². The number of rotatable bonds is 13. The lowest BCUT2D eigenvalue weighted by atomic mass is 10.0. The summed E-state index contributed by atoms with van der Waals surface area (Å²) in [6.45, 7) is 1.50. The molecule has 2 atom stereocenters. The van der Waals surface area contributed by atoms with E-state index in [1.165, 1.54) is 6.92 Å². The number of ketones is 1. The zero-order valence-corrected chi connectivity index (χ0v) is 18.1. The molecule has 2 aromatic carbocycles. The number of carboxylic acids is 1. The lowest BCUT2D eigenvalue weighted by Gasteiger charge is -2.19. The molecule has 2 rings (SSSR count). The fourth-order valence-corrected chi connectivity index (χ4v) is 3.36. The van der Waals surface area contributed by atoms with Crippen LogP contribution in [0.2, 0.25) is 0 Å². The molecule has 0 radical (unpaired) electrons. The Morgan fingerprint density at radius 3 is 1.97 bits per heavy atom. The summed E-state index contributed by atoms with van der Waals surface area (Å²) < 4.78 is 11.0. The lowest BCUT2D eigenvalue weighted by Crippen LogP contribution is -2.25. The number of benzene rings is 2. The number of aryl methyl sites for hydroxylation is 2. The molecule has 6 nitrogen and oxygen atoms in total. The first-order valence-corrected chi connectivity index (χ1v) is 10.4. The zero-order chi connectivity index (χ0) is 22.6. The smallest absolute Gasteiger partial charge is 0.335 e. The predicted octanol–water partition coefficient (Wildman–Crippen LogP) is 5.13. The van der Waals surface area contributed by atoms with Gasteiger partial charge in [0.2, 0.25) is 0 Å². The van der Waals surface area contributed by atoms with E-state index in [-0.39, 0.29) is 45.1 Å². The number of methoxy groups -OCH3 is 1. The van der Waals surface area contributed by atoms with Gasteiger partial charge in [0, 0.05) is 15.0 Å². The van der Waals surface area contributed by atoms with Gasteiger partial charge in [-0.05, 0) is 55.9 Å². The number of aromatic carboxylic acids is 1. The molecule has 2 unspecified atom stereocenters. The van der Waals surface area contributed by atoms with Gasteiger partial charge in [0.15, 0.2) is 0 Å². The Balaban J connectivity index is 0.00000512. The minimum Gasteiger partial charge on any atom is -0.478 e. The molecule has 0 spiro atoms. The van der Waals surface area contributed by atoms with Crippen molar-refractivity contribution >= 4 is 17.7 Å². The van der Waals surface area contributed by atoms with Gasteiger partial charge >= 0.3 is 11.9 Å². The van der Waals surface area contributed by atoms with Crippen LogP contribution < -0.4 is 0 Å². The van der Waals surface area contributed by atoms with Crippen LogP contribution in [0.4, 0.5) is 0 Å². The number of Topliss-reactive ketones (excluding diaryl/α,β-unsaturated/α-hetero) is 1. The number of ether oxygens (including phenoxy) is 2. The van der Waals surface area contributed by atoms with Crippen molar-refractivity contribution in [2.75, 3.05) is 7.11 Å². The highest BCUT2D eigenvalue weighted by atomic mass is 16.5. The molecule has 0 bridgehead atoms. The highest BCUT2D eigenvalue weighted by Crippen LogP contribution is 2.15. The molecular formula is C26H36O6. The number of carbonyl (C=O) groups excluding carboxylic acids is 2. The summed E-state index contributed by atoms with van der Waals surface area (Å²) in [4.78, 5) is 35.0. The molecule has 176 valence electrons. The molecule has 0 amide bonds. The van der Waals surface area contributed by atoms with Crippen LogP contribution >= 0.6 is 0 Å². The third-order valence-corrected chi connectivity index (χ3v) is 5.09. The normalized spacial score (nSPS) is 12.3. The molecule has 32 heavy (non-hydrogen) atoms. The van der Waals surface area contributed by atoms with Crippen molar-refractivity contribution in [3.8, 4) is 0 Å². The molecule has 0 aliphatic carbocycles. The largest absolute Gasteiger partial charge is 0.478 e. The van der Waals surface area contributed by atoms with E-state index in [0.29, 0.717) is 19.3 Å². The second-order valence-electron chi connectivity index (χ2n) is 7.64. The van der Waals surface area contributed by atoms with Gasteiger partial charge in [0.25, 0.3) is 0 Å². The number of hydrogen-bond donors (Lipinski definition) is 1. The average Bonchev–Trinajstić information content (AvgIpc) is 2.75. The van der Waals surface area contributed by atoms with Gasteiger partial charge in [0.05, 0.1) is 18.1 Å². The third-order valence-electron chi connectivity index (χ3n) is 5.09. The Labute approximate surface area is 192 Å². The summed E-state index contributed by atoms with van der Waals surface area (Å²) in [6, 6.07) is 16.5. The number of hydrogen-bond acceptors (Lipinski definition) is 5. The maximum atomic E-state index is 12.5. The first-order chi connectivity index (χ1) is 14.9. The Bertz CT molecular complexity index is 851. The van der Waals surface area contributed by atoms with Crippen LogP contribution in [0.3, 0.4) is 0 Å². The molecule has 6 heteroatoms. The summed E-state index contributed by atoms with van der Waals surface area (Å²) in [6.07, 6.45) is 2.09. The standard InChI is InChI=1S/C25H30O6.CH4.H2/c1-18(26)16-23(15-11-19-6-4-3-5-7-19)31-24(27)17-22(30-2)14-10-20-8-12-21(13-9-20)25(28)29;;/h3-9,12-13,22-23H,10-11,14-17H2,1-2H3,(H,28,29);1H4;1H/i;;1+1. The Morgan fingerprint density at radius 1 is 0.875 bits per heavy atom. The van der Waals surface area contributed by atoms with E-state index in [1.54, 1.807) is 31.4 Å². The van der Waals surface area contributed by atoms with Crippen molar-refractivity contribution in [1.29, 1.82) is 0 Å². The second-order valence-corrected chi connectivity index (χ2v) is 7.64. The van der Waals surface area contributed by atoms with Crippen LogP contribution in [0.5, 0.6) is 0 Å². The maximum absolute atomic E-state index is 12.5. The van der Waals surface area contributed by atoms with Gasteiger partial charge < -0.3 is 14.6 Å². The monoisotopic (exact) mass is 445 g/mol. The van der Waals surface area contributed by atoms with Crippen LogP contribution in [0.25, 0.3) is 0 Å². The van der Waals surface area contributed by atoms with Crippen LogP contribution in [0.15, 0.2) is 54.6 Å². The summed E-state index contributed by atoms with van der Waals surface area (Å²) in [5.74, 6) is -1.36. The van der Waals surface area contributed by atoms with Crippen LogP contribution in [0.1, 0.15) is 62.9 Å². The summed E-state index contributed by atoms with van der Waals surface area (Å²) in [5.41, 5.74) is 2.34. The van der Waals surface area contributed by atoms with Crippen molar-refractivity contribution in [2.24, 2.45) is 0 Å². The SMILES string of the molecule is C.COC(CCc1ccc(C(=O)O)cc1)CC(=O)OC(CCc1ccccc1)CC(C)=O.[2HH]. The fourth-order valence-electron chi connectivity index (χ4n) is 3.36. The summed E-state index contributed by atoms with van der Waals surface area (Å²) in [5, 5.41) is 8.97. The van der Waals surface area contributed by atoms with Gasteiger partial charge in [-0.1, -0.05) is 49.9 Å². The van der Waals surface area contributed by atoms with Gasteiger partial charge in [-0.2, -0.15) is 0 Å². The molecule has 2 aromatic rings. The molecule has 0 aliphatic rings. The molecular weight excluding hydrogens is 408 g/mol. The zero-order valence-electron chi connectivity index (χ0n) is 18.1. The molecule has 1 N–H and O–H groups in total. The molecule has 0 heterocycles. The van der Waals surface area contributed by atoms with Crippen LogP contribution in [-0.2, 0) is 31.9 Å². The van der Waals surface area contributed by atoms with Crippen molar-refractivity contribution in [1.82, 2.24) is 0 Å². The van der Waals surface area contributed by atoms with Crippen LogP contribution in [-0.4, -0.2) is 42.1 Å². The van der Waals surface area contributed by atoms with Gasteiger partial charge in [-0.3, -0.25) is 9.59 Å². The van der Waals surface area contributed by atoms with E-state index in [1.807, 2.05) is 30.3 Å². The topological polar surface area (TPSA) is 89.9 Å². The van der Waals surface area contributed by atoms with Crippen molar-refractivity contribution in [3.63, 3.8) is 0 Å². The highest BCUT2D eigenvalue weighted by molar-refractivity contribution is 5.87. The van der Waals surface area contributed by atoms with Crippen molar-refractivity contribution in [2.45, 2.75) is 65.1 Å². The van der Waals surface area contributed by atoms with Crippen molar-refractivity contribution in [3.05, 3.63) is 71.3 Å². The lowest BCUT2D eigenvalue weighted by molar-refractivity contribution is -0.153. The second kappa shape index (κ2) is 14.1. The molecule has 0 fully saturated rings. The maximum Gasteiger partial charge on any atom is 0.335 e. The van der Waals surface area contributed by atoms with E-state index in [4.69, 9.17) is 14.6 Å². The highest BCUT2D eigenvalue weighted by Gasteiger charge is 2.20. The van der Waals surface area contributed by atoms with Gasteiger partial charge in [0.1, 0.15) is 11.9 Å². The van der Waals surface area contributed by atoms with E-state index in [0.717, 1.165) is 17.5 Å². The minimum atomic E-state index is -0.962. The predicted molar refractivity (Wildman–Crippen MR) is 126 cm³/mol. The molecule has 0 saturated heterocycles. The minimum absolute atomic E-state index is 0. The quantitative estimate of drug-likeness (QED) is 0.430. The Hall–Kier alpha value is -2.99. The van der Waals surface area contributed by atoms with Crippen molar-refractivity contribution < 1.29 is 30.4 Å². The van der Waals surface area contributed by atoms with E-state index in [2.05, 4.69) is 0 Å².